The number of hydrogen-bond donors (Lipinski definition) is 1. The zero-order valence-corrected chi connectivity index (χ0v) is 18.9. The van der Waals surface area contributed by atoms with Gasteiger partial charge in [-0.1, -0.05) is 27.7 Å². The van der Waals surface area contributed by atoms with Crippen LogP contribution in [0.1, 0.15) is 71.4 Å². The first-order valence-electron chi connectivity index (χ1n) is 10.8. The van der Waals surface area contributed by atoms with Gasteiger partial charge in [0.25, 0.3) is 5.56 Å². The van der Waals surface area contributed by atoms with Crippen molar-refractivity contribution in [2.75, 3.05) is 6.61 Å². The van der Waals surface area contributed by atoms with Crippen molar-refractivity contribution in [1.82, 2.24) is 15.1 Å². The summed E-state index contributed by atoms with van der Waals surface area (Å²) in [6, 6.07) is 1.40. The van der Waals surface area contributed by atoms with Gasteiger partial charge in [-0.3, -0.25) is 9.59 Å². The molecular weight excluding hydrogens is 406 g/mol. The highest BCUT2D eigenvalue weighted by Crippen LogP contribution is 2.66. The summed E-state index contributed by atoms with van der Waals surface area (Å²) in [5.74, 6) is 0.504. The molecule has 0 aliphatic heterocycles. The van der Waals surface area contributed by atoms with E-state index >= 15 is 0 Å². The van der Waals surface area contributed by atoms with Crippen LogP contribution >= 0.6 is 0 Å². The average molecular weight is 438 g/mol. The molecule has 2 bridgehead atoms. The molecule has 0 spiro atoms. The molecule has 1 aromatic rings. The summed E-state index contributed by atoms with van der Waals surface area (Å²) in [4.78, 5) is 25.1. The third kappa shape index (κ3) is 3.55. The van der Waals surface area contributed by atoms with Crippen LogP contribution in [0.5, 0.6) is 5.75 Å². The zero-order chi connectivity index (χ0) is 21.9. The van der Waals surface area contributed by atoms with Gasteiger partial charge in [0.1, 0.15) is 18.0 Å². The highest BCUT2D eigenvalue weighted by molar-refractivity contribution is 7.93. The lowest BCUT2D eigenvalue weighted by molar-refractivity contribution is -0.131. The summed E-state index contributed by atoms with van der Waals surface area (Å²) in [6.07, 6.45) is 3.02. The highest BCUT2D eigenvalue weighted by atomic mass is 32.2. The van der Waals surface area contributed by atoms with E-state index in [-0.39, 0.29) is 23.6 Å². The molecule has 4 fully saturated rings. The molecule has 1 amide bonds. The second-order valence-electron chi connectivity index (χ2n) is 10.0. The van der Waals surface area contributed by atoms with E-state index in [1.54, 1.807) is 0 Å². The summed E-state index contributed by atoms with van der Waals surface area (Å²) in [5, 5.41) is 7.18. The van der Waals surface area contributed by atoms with Gasteiger partial charge in [0, 0.05) is 17.5 Å². The topological polar surface area (TPSA) is 107 Å². The Morgan fingerprint density at radius 3 is 2.43 bits per heavy atom. The highest BCUT2D eigenvalue weighted by Gasteiger charge is 2.76. The van der Waals surface area contributed by atoms with E-state index < -0.39 is 25.7 Å². The molecule has 9 heteroatoms. The number of amides is 1. The monoisotopic (exact) mass is 437 g/mol. The van der Waals surface area contributed by atoms with Crippen molar-refractivity contribution < 1.29 is 17.9 Å². The van der Waals surface area contributed by atoms with Gasteiger partial charge in [0.2, 0.25) is 5.91 Å². The number of carbonyl (C=O) groups is 1. The van der Waals surface area contributed by atoms with Crippen LogP contribution in [-0.2, 0) is 21.2 Å². The first-order chi connectivity index (χ1) is 14.0. The Hall–Kier alpha value is -1.90. The molecule has 30 heavy (non-hydrogen) atoms. The van der Waals surface area contributed by atoms with Crippen molar-refractivity contribution >= 4 is 15.7 Å². The molecule has 0 atom stereocenters. The van der Waals surface area contributed by atoms with Gasteiger partial charge in [-0.15, -0.1) is 0 Å². The molecule has 1 N–H and O–H groups in total. The van der Waals surface area contributed by atoms with Gasteiger partial charge in [-0.25, -0.2) is 13.1 Å². The molecule has 0 radical (unpaired) electrons. The summed E-state index contributed by atoms with van der Waals surface area (Å²) in [7, 11) is -3.07. The number of aromatic nitrogens is 2. The predicted octanol–water partition coefficient (Wildman–Crippen LogP) is 1.77. The minimum atomic E-state index is -3.07. The third-order valence-corrected chi connectivity index (χ3v) is 9.34. The number of ether oxygens (including phenoxy) is 1. The van der Waals surface area contributed by atoms with Gasteiger partial charge in [0.05, 0.1) is 16.6 Å². The second-order valence-corrected chi connectivity index (χ2v) is 12.7. The lowest BCUT2D eigenvalue weighted by Gasteiger charge is -2.69. The van der Waals surface area contributed by atoms with Gasteiger partial charge >= 0.3 is 0 Å². The largest absolute Gasteiger partial charge is 0.491 e. The first kappa shape index (κ1) is 21.3. The predicted molar refractivity (Wildman–Crippen MR) is 112 cm³/mol. The molecule has 1 aromatic heterocycles. The van der Waals surface area contributed by atoms with Crippen LogP contribution in [0.15, 0.2) is 10.9 Å². The van der Waals surface area contributed by atoms with E-state index in [1.807, 2.05) is 27.7 Å². The Labute approximate surface area is 177 Å². The molecule has 8 nitrogen and oxygen atoms in total. The third-order valence-electron chi connectivity index (χ3n) is 6.36. The van der Waals surface area contributed by atoms with Crippen LogP contribution < -0.4 is 15.6 Å². The van der Waals surface area contributed by atoms with E-state index in [1.165, 1.54) is 6.07 Å². The van der Waals surface area contributed by atoms with E-state index in [0.29, 0.717) is 43.2 Å². The number of rotatable bonds is 9. The molecule has 5 rings (SSSR count). The van der Waals surface area contributed by atoms with Crippen LogP contribution in [0, 0.1) is 5.92 Å². The molecule has 166 valence electrons. The van der Waals surface area contributed by atoms with Crippen molar-refractivity contribution in [2.45, 2.75) is 87.8 Å². The summed E-state index contributed by atoms with van der Waals surface area (Å²) >= 11 is 0. The minimum absolute atomic E-state index is 0.0344. The van der Waals surface area contributed by atoms with E-state index in [0.717, 1.165) is 17.5 Å². The van der Waals surface area contributed by atoms with Crippen molar-refractivity contribution in [3.63, 3.8) is 0 Å². The van der Waals surface area contributed by atoms with Gasteiger partial charge in [-0.05, 0) is 38.0 Å². The lowest BCUT2D eigenvalue weighted by atomic mass is 9.49. The van der Waals surface area contributed by atoms with Crippen molar-refractivity contribution in [2.24, 2.45) is 5.92 Å². The van der Waals surface area contributed by atoms with E-state index in [4.69, 9.17) is 4.74 Å². The van der Waals surface area contributed by atoms with Crippen LogP contribution in [0.3, 0.4) is 0 Å². The first-order valence-corrected chi connectivity index (χ1v) is 12.3. The number of nitrogens with zero attached hydrogens (tertiary/aromatic N) is 2. The SMILES string of the molecule is CC(C)COc1cc(=O)n(CC(=O)NC23CC(S(=O)(=O)C4CC4)(C2)C3)nc1C(C)C. The van der Waals surface area contributed by atoms with E-state index in [2.05, 4.69) is 10.4 Å². The van der Waals surface area contributed by atoms with Crippen LogP contribution in [0.4, 0.5) is 0 Å². The maximum absolute atomic E-state index is 12.6. The zero-order valence-electron chi connectivity index (χ0n) is 18.1. The molecule has 0 saturated heterocycles. The van der Waals surface area contributed by atoms with Crippen molar-refractivity contribution in [3.05, 3.63) is 22.1 Å². The Morgan fingerprint density at radius 2 is 1.90 bits per heavy atom. The fourth-order valence-electron chi connectivity index (χ4n) is 4.71. The number of carbonyl (C=O) groups excluding carboxylic acids is 1. The minimum Gasteiger partial charge on any atom is -0.491 e. The van der Waals surface area contributed by atoms with Crippen molar-refractivity contribution in [1.29, 1.82) is 0 Å². The standard InChI is InChI=1S/C21H31N3O5S/c1-13(2)9-29-16-7-18(26)24(23-19(16)14(3)4)8-17(25)22-20-10-21(11-20,12-20)30(27,28)15-5-6-15/h7,13-15H,5-6,8-12H2,1-4H3,(H,22,25). The lowest BCUT2D eigenvalue weighted by Crippen LogP contribution is -2.81. The molecular formula is C21H31N3O5S. The Bertz CT molecular complexity index is 1000. The van der Waals surface area contributed by atoms with Gasteiger partial charge in [-0.2, -0.15) is 5.10 Å². The molecule has 1 heterocycles. The Morgan fingerprint density at radius 1 is 1.27 bits per heavy atom. The number of sulfone groups is 1. The summed E-state index contributed by atoms with van der Waals surface area (Å²) < 4.78 is 31.4. The normalized spacial score (nSPS) is 27.5. The van der Waals surface area contributed by atoms with Crippen LogP contribution in [-0.4, -0.2) is 46.2 Å². The van der Waals surface area contributed by atoms with E-state index in [9.17, 15) is 18.0 Å². The maximum atomic E-state index is 12.6. The molecule has 4 aliphatic carbocycles. The maximum Gasteiger partial charge on any atom is 0.270 e. The van der Waals surface area contributed by atoms with Gasteiger partial charge in [0.15, 0.2) is 9.84 Å². The van der Waals surface area contributed by atoms with Crippen LogP contribution in [0.2, 0.25) is 0 Å². The summed E-state index contributed by atoms with van der Waals surface area (Å²) in [6.45, 7) is 8.27. The van der Waals surface area contributed by atoms with Crippen LogP contribution in [0.25, 0.3) is 0 Å². The van der Waals surface area contributed by atoms with Crippen molar-refractivity contribution in [3.8, 4) is 5.75 Å². The Balaban J connectivity index is 1.41. The second kappa shape index (κ2) is 7.07. The molecule has 4 aliphatic rings. The average Bonchev–Trinajstić information content (AvgIpc) is 3.41. The fourth-order valence-corrected chi connectivity index (χ4v) is 7.60. The number of hydrogen-bond acceptors (Lipinski definition) is 6. The molecule has 4 saturated carbocycles. The Kier molecular flexibility index (Phi) is 5.03. The summed E-state index contributed by atoms with van der Waals surface area (Å²) in [5.41, 5.74) is -0.175. The molecule has 0 unspecified atom stereocenters. The van der Waals surface area contributed by atoms with Gasteiger partial charge < -0.3 is 10.1 Å². The number of nitrogens with one attached hydrogen (secondary N) is 1. The molecule has 0 aromatic carbocycles. The fraction of sp³-hybridized carbons (Fsp3) is 0.762. The quantitative estimate of drug-likeness (QED) is 0.631. The smallest absolute Gasteiger partial charge is 0.270 e.